The molecule has 0 atom stereocenters. The lowest BCUT2D eigenvalue weighted by atomic mass is 10.1. The highest BCUT2D eigenvalue weighted by molar-refractivity contribution is 6.31. The molecule has 0 aliphatic carbocycles. The van der Waals surface area contributed by atoms with Crippen molar-refractivity contribution in [1.82, 2.24) is 4.98 Å². The van der Waals surface area contributed by atoms with Crippen molar-refractivity contribution in [3.05, 3.63) is 46.1 Å². The van der Waals surface area contributed by atoms with Crippen molar-refractivity contribution in [3.8, 4) is 17.0 Å². The Balaban J connectivity index is 2.58. The number of hydrogen-bond acceptors (Lipinski definition) is 2. The molecular formula is C12H9Cl2NO. The van der Waals surface area contributed by atoms with E-state index in [4.69, 9.17) is 23.2 Å². The summed E-state index contributed by atoms with van der Waals surface area (Å²) in [6.45, 7) is 1.91. The van der Waals surface area contributed by atoms with Crippen LogP contribution in [0.15, 0.2) is 30.3 Å². The van der Waals surface area contributed by atoms with Crippen molar-refractivity contribution in [1.29, 1.82) is 0 Å². The van der Waals surface area contributed by atoms with Gasteiger partial charge in [-0.1, -0.05) is 35.3 Å². The Morgan fingerprint density at radius 1 is 1.12 bits per heavy atom. The second-order valence-electron chi connectivity index (χ2n) is 3.47. The molecule has 0 radical (unpaired) electrons. The first-order valence-electron chi connectivity index (χ1n) is 4.70. The molecule has 0 aliphatic rings. The van der Waals surface area contributed by atoms with E-state index in [9.17, 15) is 5.11 Å². The molecule has 4 heteroatoms. The number of pyridine rings is 1. The van der Waals surface area contributed by atoms with Crippen molar-refractivity contribution in [2.24, 2.45) is 0 Å². The van der Waals surface area contributed by atoms with E-state index in [1.54, 1.807) is 6.07 Å². The predicted octanol–water partition coefficient (Wildman–Crippen LogP) is 4.07. The van der Waals surface area contributed by atoms with Gasteiger partial charge in [0.2, 0.25) is 0 Å². The molecule has 2 aromatic rings. The van der Waals surface area contributed by atoms with E-state index >= 15 is 0 Å². The van der Waals surface area contributed by atoms with Crippen molar-refractivity contribution in [2.75, 3.05) is 0 Å². The first kappa shape index (κ1) is 11.2. The van der Waals surface area contributed by atoms with Crippen LogP contribution in [0.3, 0.4) is 0 Å². The Kier molecular flexibility index (Phi) is 3.03. The molecule has 0 aliphatic heterocycles. The highest BCUT2D eigenvalue weighted by atomic mass is 35.5. The quantitative estimate of drug-likeness (QED) is 0.778. The first-order valence-corrected chi connectivity index (χ1v) is 5.45. The lowest BCUT2D eigenvalue weighted by Gasteiger charge is -2.06. The summed E-state index contributed by atoms with van der Waals surface area (Å²) in [5, 5.41) is 10.7. The molecule has 0 spiro atoms. The van der Waals surface area contributed by atoms with Crippen LogP contribution in [0, 0.1) is 6.92 Å². The van der Waals surface area contributed by atoms with E-state index in [1.807, 2.05) is 19.1 Å². The van der Waals surface area contributed by atoms with E-state index in [2.05, 4.69) is 4.98 Å². The Morgan fingerprint density at radius 3 is 2.56 bits per heavy atom. The number of benzene rings is 1. The molecule has 0 saturated heterocycles. The van der Waals surface area contributed by atoms with Crippen LogP contribution in [-0.4, -0.2) is 10.1 Å². The summed E-state index contributed by atoms with van der Waals surface area (Å²) in [6, 6.07) is 8.53. The molecular weight excluding hydrogens is 245 g/mol. The summed E-state index contributed by atoms with van der Waals surface area (Å²) >= 11 is 11.8. The molecule has 0 fully saturated rings. The normalized spacial score (nSPS) is 10.4. The lowest BCUT2D eigenvalue weighted by molar-refractivity contribution is 0.475. The van der Waals surface area contributed by atoms with Gasteiger partial charge in [-0.25, -0.2) is 4.98 Å². The molecule has 16 heavy (non-hydrogen) atoms. The van der Waals surface area contributed by atoms with Gasteiger partial charge in [0.05, 0.1) is 0 Å². The number of rotatable bonds is 1. The Hall–Kier alpha value is -1.25. The summed E-state index contributed by atoms with van der Waals surface area (Å²) in [5.41, 5.74) is 2.16. The molecule has 1 aromatic heterocycles. The highest BCUT2D eigenvalue weighted by Crippen LogP contribution is 2.31. The maximum atomic E-state index is 9.68. The third-order valence-corrected chi connectivity index (χ3v) is 2.90. The van der Waals surface area contributed by atoms with Gasteiger partial charge in [-0.15, -0.1) is 0 Å². The topological polar surface area (TPSA) is 33.1 Å². The van der Waals surface area contributed by atoms with Crippen LogP contribution in [-0.2, 0) is 0 Å². The fourth-order valence-corrected chi connectivity index (χ4v) is 1.71. The number of aryl methyl sites for hydroxylation is 1. The van der Waals surface area contributed by atoms with Gasteiger partial charge in [-0.3, -0.25) is 0 Å². The maximum Gasteiger partial charge on any atom is 0.141 e. The summed E-state index contributed by atoms with van der Waals surface area (Å²) in [6.07, 6.45) is 0. The average Bonchev–Trinajstić information content (AvgIpc) is 2.26. The summed E-state index contributed by atoms with van der Waals surface area (Å²) in [5.74, 6) is 0.0873. The van der Waals surface area contributed by atoms with Gasteiger partial charge in [-0.05, 0) is 30.7 Å². The van der Waals surface area contributed by atoms with Crippen LogP contribution < -0.4 is 0 Å². The number of hydrogen-bond donors (Lipinski definition) is 1. The standard InChI is InChI=1S/C12H9Cl2NO/c1-7-2-3-8(6-9(7)13)12-10(16)4-5-11(14)15-12/h2-6,16H,1H3. The molecule has 82 valence electrons. The van der Waals surface area contributed by atoms with Gasteiger partial charge in [0.15, 0.2) is 0 Å². The Morgan fingerprint density at radius 2 is 1.88 bits per heavy atom. The van der Waals surface area contributed by atoms with Gasteiger partial charge in [0.25, 0.3) is 0 Å². The highest BCUT2D eigenvalue weighted by Gasteiger charge is 2.08. The van der Waals surface area contributed by atoms with E-state index < -0.39 is 0 Å². The number of halogens is 2. The molecule has 0 bridgehead atoms. The monoisotopic (exact) mass is 253 g/mol. The third-order valence-electron chi connectivity index (χ3n) is 2.29. The second kappa shape index (κ2) is 4.32. The van der Waals surface area contributed by atoms with Crippen LogP contribution in [0.1, 0.15) is 5.56 Å². The number of nitrogens with zero attached hydrogens (tertiary/aromatic N) is 1. The molecule has 2 nitrogen and oxygen atoms in total. The minimum atomic E-state index is 0.0873. The molecule has 1 heterocycles. The number of aromatic nitrogens is 1. The fourth-order valence-electron chi connectivity index (χ4n) is 1.38. The smallest absolute Gasteiger partial charge is 0.141 e. The predicted molar refractivity (Wildman–Crippen MR) is 66.1 cm³/mol. The fraction of sp³-hybridized carbons (Fsp3) is 0.0833. The van der Waals surface area contributed by atoms with Gasteiger partial charge in [0.1, 0.15) is 16.6 Å². The van der Waals surface area contributed by atoms with Gasteiger partial charge in [0, 0.05) is 10.6 Å². The van der Waals surface area contributed by atoms with Gasteiger partial charge in [-0.2, -0.15) is 0 Å². The third kappa shape index (κ3) is 2.13. The Labute approximate surface area is 103 Å². The second-order valence-corrected chi connectivity index (χ2v) is 4.26. The largest absolute Gasteiger partial charge is 0.506 e. The van der Waals surface area contributed by atoms with Gasteiger partial charge < -0.3 is 5.11 Å². The summed E-state index contributed by atoms with van der Waals surface area (Å²) in [7, 11) is 0. The molecule has 2 rings (SSSR count). The molecule has 0 amide bonds. The SMILES string of the molecule is Cc1ccc(-c2nc(Cl)ccc2O)cc1Cl. The Bertz CT molecular complexity index is 541. The minimum absolute atomic E-state index is 0.0873. The lowest BCUT2D eigenvalue weighted by Crippen LogP contribution is -1.86. The zero-order valence-corrected chi connectivity index (χ0v) is 10.0. The molecule has 1 aromatic carbocycles. The summed E-state index contributed by atoms with van der Waals surface area (Å²) in [4.78, 5) is 4.07. The zero-order valence-electron chi connectivity index (χ0n) is 8.54. The molecule has 0 unspecified atom stereocenters. The molecule has 1 N–H and O–H groups in total. The van der Waals surface area contributed by atoms with Crippen LogP contribution in [0.2, 0.25) is 10.2 Å². The van der Waals surface area contributed by atoms with Gasteiger partial charge >= 0.3 is 0 Å². The van der Waals surface area contributed by atoms with Crippen molar-refractivity contribution < 1.29 is 5.11 Å². The van der Waals surface area contributed by atoms with Crippen molar-refractivity contribution >= 4 is 23.2 Å². The van der Waals surface area contributed by atoms with Crippen molar-refractivity contribution in [2.45, 2.75) is 6.92 Å². The van der Waals surface area contributed by atoms with Crippen molar-refractivity contribution in [3.63, 3.8) is 0 Å². The average molecular weight is 254 g/mol. The van der Waals surface area contributed by atoms with Crippen LogP contribution in [0.4, 0.5) is 0 Å². The maximum absolute atomic E-state index is 9.68. The minimum Gasteiger partial charge on any atom is -0.506 e. The zero-order chi connectivity index (χ0) is 11.7. The van der Waals surface area contributed by atoms with Crippen LogP contribution >= 0.6 is 23.2 Å². The first-order chi connectivity index (χ1) is 7.58. The van der Waals surface area contributed by atoms with E-state index in [1.165, 1.54) is 12.1 Å². The molecule has 0 saturated carbocycles. The van der Waals surface area contributed by atoms with Crippen LogP contribution in [0.25, 0.3) is 11.3 Å². The van der Waals surface area contributed by atoms with Crippen LogP contribution in [0.5, 0.6) is 5.75 Å². The summed E-state index contributed by atoms with van der Waals surface area (Å²) < 4.78 is 0. The van der Waals surface area contributed by atoms with E-state index in [0.29, 0.717) is 15.9 Å². The van der Waals surface area contributed by atoms with E-state index in [-0.39, 0.29) is 5.75 Å². The van der Waals surface area contributed by atoms with E-state index in [0.717, 1.165) is 11.1 Å². The number of aromatic hydroxyl groups is 1.